The van der Waals surface area contributed by atoms with Gasteiger partial charge in [-0.05, 0) is 24.5 Å². The molecule has 0 aliphatic carbocycles. The summed E-state index contributed by atoms with van der Waals surface area (Å²) in [6.07, 6.45) is 5.06. The first-order chi connectivity index (χ1) is 7.68. The fourth-order valence-corrected chi connectivity index (χ4v) is 1.70. The Balaban J connectivity index is 2.23. The molecule has 2 aromatic rings. The third-order valence-corrected chi connectivity index (χ3v) is 2.68. The van der Waals surface area contributed by atoms with E-state index in [9.17, 15) is 4.79 Å². The van der Waals surface area contributed by atoms with Crippen molar-refractivity contribution >= 4 is 11.3 Å². The van der Waals surface area contributed by atoms with E-state index in [4.69, 9.17) is 0 Å². The van der Waals surface area contributed by atoms with Crippen molar-refractivity contribution in [3.8, 4) is 0 Å². The van der Waals surface area contributed by atoms with E-state index >= 15 is 0 Å². The lowest BCUT2D eigenvalue weighted by atomic mass is 10.0. The molecule has 16 heavy (non-hydrogen) atoms. The largest absolute Gasteiger partial charge is 0.294 e. The van der Waals surface area contributed by atoms with Crippen LogP contribution in [0.3, 0.4) is 0 Å². The lowest BCUT2D eigenvalue weighted by molar-refractivity contribution is 0.0977. The van der Waals surface area contributed by atoms with Crippen LogP contribution in [0.15, 0.2) is 30.6 Å². The van der Waals surface area contributed by atoms with Crippen molar-refractivity contribution in [1.29, 1.82) is 0 Å². The van der Waals surface area contributed by atoms with Gasteiger partial charge >= 0.3 is 0 Å². The van der Waals surface area contributed by atoms with E-state index in [1.165, 1.54) is 0 Å². The summed E-state index contributed by atoms with van der Waals surface area (Å²) in [5, 5.41) is 4.16. The molecule has 0 bridgehead atoms. The summed E-state index contributed by atoms with van der Waals surface area (Å²) >= 11 is 0. The number of carbonyl (C=O) groups is 1. The molecule has 2 rings (SSSR count). The van der Waals surface area contributed by atoms with Crippen LogP contribution in [0.5, 0.6) is 0 Å². The van der Waals surface area contributed by atoms with Gasteiger partial charge < -0.3 is 0 Å². The molecular weight excluding hydrogens is 200 g/mol. The highest BCUT2D eigenvalue weighted by Crippen LogP contribution is 2.15. The number of fused-ring (bicyclic) bond motifs is 1. The van der Waals surface area contributed by atoms with Crippen LogP contribution < -0.4 is 0 Å². The van der Waals surface area contributed by atoms with E-state index in [1.54, 1.807) is 10.7 Å². The summed E-state index contributed by atoms with van der Waals surface area (Å²) in [6, 6.07) is 5.76. The summed E-state index contributed by atoms with van der Waals surface area (Å²) in [5.74, 6) is 0.751. The number of hydrogen-bond acceptors (Lipinski definition) is 2. The molecular formula is C13H16N2O. The minimum absolute atomic E-state index is 0.190. The average molecular weight is 216 g/mol. The maximum Gasteiger partial charge on any atom is 0.166 e. The van der Waals surface area contributed by atoms with Crippen molar-refractivity contribution in [3.63, 3.8) is 0 Å². The van der Waals surface area contributed by atoms with Gasteiger partial charge in [0, 0.05) is 12.6 Å². The van der Waals surface area contributed by atoms with Crippen LogP contribution in [0.2, 0.25) is 0 Å². The number of aromatic nitrogens is 2. The van der Waals surface area contributed by atoms with Gasteiger partial charge in [-0.2, -0.15) is 5.10 Å². The zero-order valence-electron chi connectivity index (χ0n) is 9.68. The molecule has 0 saturated carbocycles. The van der Waals surface area contributed by atoms with Crippen molar-refractivity contribution in [3.05, 3.63) is 36.2 Å². The molecule has 0 aliphatic rings. The van der Waals surface area contributed by atoms with Crippen molar-refractivity contribution in [1.82, 2.24) is 9.61 Å². The van der Waals surface area contributed by atoms with Gasteiger partial charge in [0.1, 0.15) is 0 Å². The highest BCUT2D eigenvalue weighted by Gasteiger charge is 2.12. The van der Waals surface area contributed by atoms with Crippen LogP contribution in [0.4, 0.5) is 0 Å². The lowest BCUT2D eigenvalue weighted by Crippen LogP contribution is -2.00. The Morgan fingerprint density at radius 3 is 3.00 bits per heavy atom. The van der Waals surface area contributed by atoms with Crippen molar-refractivity contribution < 1.29 is 4.79 Å². The maximum atomic E-state index is 12.0. The maximum absolute atomic E-state index is 12.0. The normalized spacial score (nSPS) is 11.2. The van der Waals surface area contributed by atoms with Gasteiger partial charge in [-0.15, -0.1) is 0 Å². The van der Waals surface area contributed by atoms with E-state index in [2.05, 4.69) is 18.9 Å². The molecule has 0 aliphatic heterocycles. The van der Waals surface area contributed by atoms with Crippen LogP contribution in [0, 0.1) is 5.92 Å². The second-order valence-corrected chi connectivity index (χ2v) is 4.44. The number of hydrogen-bond donors (Lipinski definition) is 0. The van der Waals surface area contributed by atoms with E-state index < -0.39 is 0 Å². The quantitative estimate of drug-likeness (QED) is 0.736. The van der Waals surface area contributed by atoms with E-state index in [1.807, 2.05) is 24.4 Å². The Kier molecular flexibility index (Phi) is 3.04. The molecule has 0 amide bonds. The summed E-state index contributed by atoms with van der Waals surface area (Å²) in [7, 11) is 0. The highest BCUT2D eigenvalue weighted by atomic mass is 16.1. The molecule has 0 unspecified atom stereocenters. The van der Waals surface area contributed by atoms with Gasteiger partial charge in [-0.25, -0.2) is 4.52 Å². The van der Waals surface area contributed by atoms with Crippen molar-refractivity contribution in [2.75, 3.05) is 0 Å². The molecule has 0 fully saturated rings. The van der Waals surface area contributed by atoms with Crippen molar-refractivity contribution in [2.24, 2.45) is 5.92 Å². The fraction of sp³-hybridized carbons (Fsp3) is 0.385. The van der Waals surface area contributed by atoms with Crippen LogP contribution in [-0.2, 0) is 0 Å². The Hall–Kier alpha value is -1.64. The Bertz CT molecular complexity index is 499. The van der Waals surface area contributed by atoms with Gasteiger partial charge in [0.25, 0.3) is 0 Å². The predicted molar refractivity (Wildman–Crippen MR) is 63.6 cm³/mol. The fourth-order valence-electron chi connectivity index (χ4n) is 1.70. The second-order valence-electron chi connectivity index (χ2n) is 4.44. The minimum atomic E-state index is 0.190. The summed E-state index contributed by atoms with van der Waals surface area (Å²) in [4.78, 5) is 12.0. The molecule has 0 N–H and O–H groups in total. The standard InChI is InChI=1S/C13H16N2O/c1-10(2)6-7-13(16)11-9-14-15-8-4-3-5-12(11)15/h3-5,8-10H,6-7H2,1-2H3. The molecule has 2 aromatic heterocycles. The Morgan fingerprint density at radius 2 is 2.25 bits per heavy atom. The third-order valence-electron chi connectivity index (χ3n) is 2.68. The highest BCUT2D eigenvalue weighted by molar-refractivity contribution is 6.02. The third kappa shape index (κ3) is 2.13. The van der Waals surface area contributed by atoms with Gasteiger partial charge in [-0.1, -0.05) is 19.9 Å². The summed E-state index contributed by atoms with van der Waals surface area (Å²) in [5.41, 5.74) is 1.64. The number of ketones is 1. The number of carbonyl (C=O) groups excluding carboxylic acids is 1. The van der Waals surface area contributed by atoms with Gasteiger partial charge in [0.2, 0.25) is 0 Å². The van der Waals surface area contributed by atoms with Crippen LogP contribution in [0.25, 0.3) is 5.52 Å². The number of pyridine rings is 1. The first-order valence-corrected chi connectivity index (χ1v) is 5.64. The predicted octanol–water partition coefficient (Wildman–Crippen LogP) is 2.95. The van der Waals surface area contributed by atoms with Gasteiger partial charge in [0.15, 0.2) is 5.78 Å². The minimum Gasteiger partial charge on any atom is -0.294 e. The lowest BCUT2D eigenvalue weighted by Gasteiger charge is -2.02. The Labute approximate surface area is 95.1 Å². The first-order valence-electron chi connectivity index (χ1n) is 5.64. The van der Waals surface area contributed by atoms with Gasteiger partial charge in [0.05, 0.1) is 17.3 Å². The smallest absolute Gasteiger partial charge is 0.166 e. The topological polar surface area (TPSA) is 34.4 Å². The average Bonchev–Trinajstić information content (AvgIpc) is 2.69. The molecule has 0 spiro atoms. The Morgan fingerprint density at radius 1 is 1.44 bits per heavy atom. The molecule has 2 heterocycles. The zero-order chi connectivity index (χ0) is 11.5. The van der Waals surface area contributed by atoms with Crippen LogP contribution in [0.1, 0.15) is 37.0 Å². The number of Topliss-reactive ketones (excluding diaryl/α,β-unsaturated/α-hetero) is 1. The number of rotatable bonds is 4. The second kappa shape index (κ2) is 4.47. The SMILES string of the molecule is CC(C)CCC(=O)c1cnn2ccccc12. The van der Waals surface area contributed by atoms with Crippen LogP contribution >= 0.6 is 0 Å². The summed E-state index contributed by atoms with van der Waals surface area (Å²) in [6.45, 7) is 4.26. The number of nitrogens with zero attached hydrogens (tertiary/aromatic N) is 2. The zero-order valence-corrected chi connectivity index (χ0v) is 9.68. The van der Waals surface area contributed by atoms with E-state index in [0.717, 1.165) is 17.5 Å². The molecule has 0 aromatic carbocycles. The molecule has 0 atom stereocenters. The van der Waals surface area contributed by atoms with Gasteiger partial charge in [-0.3, -0.25) is 4.79 Å². The van der Waals surface area contributed by atoms with Crippen LogP contribution in [-0.4, -0.2) is 15.4 Å². The molecule has 0 saturated heterocycles. The molecule has 3 heteroatoms. The van der Waals surface area contributed by atoms with Crippen molar-refractivity contribution in [2.45, 2.75) is 26.7 Å². The monoisotopic (exact) mass is 216 g/mol. The molecule has 3 nitrogen and oxygen atoms in total. The summed E-state index contributed by atoms with van der Waals surface area (Å²) < 4.78 is 1.74. The molecule has 0 radical (unpaired) electrons. The first kappa shape index (κ1) is 10.9. The molecule has 84 valence electrons. The van der Waals surface area contributed by atoms with E-state index in [-0.39, 0.29) is 5.78 Å². The van der Waals surface area contributed by atoms with E-state index in [0.29, 0.717) is 12.3 Å².